The lowest BCUT2D eigenvalue weighted by Crippen LogP contribution is -2.07. The van der Waals surface area contributed by atoms with Gasteiger partial charge in [0.25, 0.3) is 0 Å². The Morgan fingerprint density at radius 1 is 1.18 bits per heavy atom. The zero-order valence-electron chi connectivity index (χ0n) is 9.07. The van der Waals surface area contributed by atoms with Crippen LogP contribution < -0.4 is 4.74 Å². The van der Waals surface area contributed by atoms with Crippen LogP contribution >= 0.6 is 11.6 Å². The van der Waals surface area contributed by atoms with Gasteiger partial charge in [-0.3, -0.25) is 9.59 Å². The molecule has 86 valence electrons. The van der Waals surface area contributed by atoms with Crippen molar-refractivity contribution >= 4 is 28.7 Å². The first-order valence-corrected chi connectivity index (χ1v) is 5.31. The van der Waals surface area contributed by atoms with Crippen LogP contribution in [0.3, 0.4) is 0 Å². The van der Waals surface area contributed by atoms with E-state index >= 15 is 0 Å². The smallest absolute Gasteiger partial charge is 0.186 e. The summed E-state index contributed by atoms with van der Waals surface area (Å²) in [5, 5.41) is 0.411. The Balaban J connectivity index is 2.53. The molecule has 0 saturated carbocycles. The highest BCUT2D eigenvalue weighted by Crippen LogP contribution is 2.30. The maximum absolute atomic E-state index is 11.7. The quantitative estimate of drug-likeness (QED) is 0.755. The van der Waals surface area contributed by atoms with Gasteiger partial charge in [0.15, 0.2) is 11.6 Å². The van der Waals surface area contributed by atoms with Crippen LogP contribution in [0.4, 0.5) is 0 Å². The maximum Gasteiger partial charge on any atom is 0.186 e. The van der Waals surface area contributed by atoms with Crippen molar-refractivity contribution in [1.29, 1.82) is 0 Å². The standard InChI is InChI=1S/C13H9ClO3/c1-17-9-3-4-12(14)10(7-9)11-6-8(15)2-5-13(11)16/h2-7H,1H3. The van der Waals surface area contributed by atoms with Crippen molar-refractivity contribution in [1.82, 2.24) is 0 Å². The number of halogens is 1. The van der Waals surface area contributed by atoms with Crippen LogP contribution in [0.5, 0.6) is 5.75 Å². The van der Waals surface area contributed by atoms with E-state index in [1.807, 2.05) is 0 Å². The summed E-state index contributed by atoms with van der Waals surface area (Å²) < 4.78 is 5.06. The van der Waals surface area contributed by atoms with E-state index in [2.05, 4.69) is 0 Å². The molecule has 17 heavy (non-hydrogen) atoms. The van der Waals surface area contributed by atoms with Gasteiger partial charge in [0.05, 0.1) is 7.11 Å². The van der Waals surface area contributed by atoms with Gasteiger partial charge in [-0.15, -0.1) is 0 Å². The Morgan fingerprint density at radius 3 is 2.65 bits per heavy atom. The highest BCUT2D eigenvalue weighted by Gasteiger charge is 2.18. The summed E-state index contributed by atoms with van der Waals surface area (Å²) in [5.41, 5.74) is 0.801. The van der Waals surface area contributed by atoms with Crippen molar-refractivity contribution in [2.45, 2.75) is 0 Å². The molecule has 3 nitrogen and oxygen atoms in total. The first kappa shape index (κ1) is 11.6. The number of carbonyl (C=O) groups is 2. The van der Waals surface area contributed by atoms with Gasteiger partial charge in [-0.05, 0) is 36.4 Å². The average Bonchev–Trinajstić information content (AvgIpc) is 2.33. The third-order valence-corrected chi connectivity index (χ3v) is 2.74. The van der Waals surface area contributed by atoms with E-state index in [9.17, 15) is 9.59 Å². The van der Waals surface area contributed by atoms with Crippen molar-refractivity contribution in [3.8, 4) is 5.75 Å². The van der Waals surface area contributed by atoms with E-state index in [1.54, 1.807) is 18.2 Å². The van der Waals surface area contributed by atoms with Crippen molar-refractivity contribution < 1.29 is 14.3 Å². The molecule has 0 bridgehead atoms. The van der Waals surface area contributed by atoms with E-state index in [4.69, 9.17) is 16.3 Å². The molecule has 0 fully saturated rings. The van der Waals surface area contributed by atoms with Gasteiger partial charge in [-0.25, -0.2) is 0 Å². The Labute approximate surface area is 103 Å². The molecule has 1 aliphatic carbocycles. The number of ether oxygens (including phenoxy) is 1. The molecule has 0 atom stereocenters. The van der Waals surface area contributed by atoms with Gasteiger partial charge in [0.2, 0.25) is 0 Å². The number of ketones is 2. The topological polar surface area (TPSA) is 43.4 Å². The molecular weight excluding hydrogens is 240 g/mol. The van der Waals surface area contributed by atoms with Gasteiger partial charge in [0, 0.05) is 16.2 Å². The van der Waals surface area contributed by atoms with Gasteiger partial charge in [-0.1, -0.05) is 11.6 Å². The first-order valence-electron chi connectivity index (χ1n) is 4.94. The molecular formula is C13H9ClO3. The number of hydrogen-bond acceptors (Lipinski definition) is 3. The minimum absolute atomic E-state index is 0.224. The third kappa shape index (κ3) is 2.29. The highest BCUT2D eigenvalue weighted by atomic mass is 35.5. The lowest BCUT2D eigenvalue weighted by atomic mass is 9.96. The van der Waals surface area contributed by atoms with Crippen LogP contribution in [-0.2, 0) is 9.59 Å². The Kier molecular flexibility index (Phi) is 3.11. The summed E-state index contributed by atoms with van der Waals surface area (Å²) in [6.45, 7) is 0. The average molecular weight is 249 g/mol. The second-order valence-electron chi connectivity index (χ2n) is 3.50. The SMILES string of the molecule is COc1ccc(Cl)c(C2=CC(=O)C=CC2=O)c1. The second-order valence-corrected chi connectivity index (χ2v) is 3.91. The lowest BCUT2D eigenvalue weighted by molar-refractivity contribution is -0.113. The molecule has 0 amide bonds. The van der Waals surface area contributed by atoms with E-state index in [1.165, 1.54) is 25.3 Å². The van der Waals surface area contributed by atoms with Crippen molar-refractivity contribution in [2.24, 2.45) is 0 Å². The highest BCUT2D eigenvalue weighted by molar-refractivity contribution is 6.39. The maximum atomic E-state index is 11.7. The van der Waals surface area contributed by atoms with Crippen molar-refractivity contribution in [3.05, 3.63) is 47.0 Å². The molecule has 0 aliphatic heterocycles. The van der Waals surface area contributed by atoms with Crippen LogP contribution in [0.15, 0.2) is 36.4 Å². The Bertz CT molecular complexity index is 556. The summed E-state index contributed by atoms with van der Waals surface area (Å²) in [7, 11) is 1.52. The minimum atomic E-state index is -0.236. The number of benzene rings is 1. The van der Waals surface area contributed by atoms with Gasteiger partial charge in [-0.2, -0.15) is 0 Å². The molecule has 1 aliphatic rings. The molecule has 0 radical (unpaired) electrons. The zero-order valence-corrected chi connectivity index (χ0v) is 9.82. The molecule has 2 rings (SSSR count). The van der Waals surface area contributed by atoms with Crippen LogP contribution in [-0.4, -0.2) is 18.7 Å². The summed E-state index contributed by atoms with van der Waals surface area (Å²) >= 11 is 6.02. The molecule has 0 heterocycles. The number of rotatable bonds is 2. The largest absolute Gasteiger partial charge is 0.497 e. The number of carbonyl (C=O) groups excluding carboxylic acids is 2. The molecule has 0 spiro atoms. The van der Waals surface area contributed by atoms with E-state index in [0.717, 1.165) is 0 Å². The first-order chi connectivity index (χ1) is 8.11. The third-order valence-electron chi connectivity index (χ3n) is 2.41. The molecule has 4 heteroatoms. The summed E-state index contributed by atoms with van der Waals surface area (Å²) in [5.74, 6) is 0.123. The van der Waals surface area contributed by atoms with Crippen LogP contribution in [0.1, 0.15) is 5.56 Å². The van der Waals surface area contributed by atoms with Crippen LogP contribution in [0.2, 0.25) is 5.02 Å². The molecule has 0 unspecified atom stereocenters. The van der Waals surface area contributed by atoms with Crippen molar-refractivity contribution in [3.63, 3.8) is 0 Å². The van der Waals surface area contributed by atoms with E-state index < -0.39 is 0 Å². The van der Waals surface area contributed by atoms with Gasteiger partial charge >= 0.3 is 0 Å². The summed E-state index contributed by atoms with van der Waals surface area (Å²) in [4.78, 5) is 23.0. The van der Waals surface area contributed by atoms with Gasteiger partial charge < -0.3 is 4.74 Å². The normalized spacial score (nSPS) is 14.8. The van der Waals surface area contributed by atoms with Crippen LogP contribution in [0, 0.1) is 0 Å². The predicted molar refractivity (Wildman–Crippen MR) is 65.1 cm³/mol. The number of methoxy groups -OCH3 is 1. The summed E-state index contributed by atoms with van der Waals surface area (Å²) in [6, 6.07) is 4.96. The van der Waals surface area contributed by atoms with Crippen LogP contribution in [0.25, 0.3) is 5.57 Å². The van der Waals surface area contributed by atoms with E-state index in [-0.39, 0.29) is 11.6 Å². The van der Waals surface area contributed by atoms with Gasteiger partial charge in [0.1, 0.15) is 5.75 Å². The fourth-order valence-electron chi connectivity index (χ4n) is 1.56. The molecule has 1 aromatic rings. The number of hydrogen-bond donors (Lipinski definition) is 0. The van der Waals surface area contributed by atoms with E-state index in [0.29, 0.717) is 21.9 Å². The molecule has 1 aromatic carbocycles. The number of allylic oxidation sites excluding steroid dienone is 4. The summed E-state index contributed by atoms with van der Waals surface area (Å²) in [6.07, 6.45) is 3.76. The Morgan fingerprint density at radius 2 is 1.94 bits per heavy atom. The minimum Gasteiger partial charge on any atom is -0.497 e. The monoisotopic (exact) mass is 248 g/mol. The fraction of sp³-hybridized carbons (Fsp3) is 0.0769. The lowest BCUT2D eigenvalue weighted by Gasteiger charge is -2.10. The zero-order chi connectivity index (χ0) is 12.4. The second kappa shape index (κ2) is 4.55. The molecule has 0 aromatic heterocycles. The molecule has 0 N–H and O–H groups in total. The Hall–Kier alpha value is -1.87. The fourth-order valence-corrected chi connectivity index (χ4v) is 1.78. The van der Waals surface area contributed by atoms with Crippen molar-refractivity contribution in [2.75, 3.05) is 7.11 Å². The molecule has 0 saturated heterocycles. The predicted octanol–water partition coefficient (Wildman–Crippen LogP) is 2.44.